The number of nitrogens with zero attached hydrogens (tertiary/aromatic N) is 3. The summed E-state index contributed by atoms with van der Waals surface area (Å²) in [5, 5.41) is 10.4. The molecule has 4 heterocycles. The largest absolute Gasteiger partial charge is 0.481 e. The maximum Gasteiger partial charge on any atom is 0.305 e. The zero-order chi connectivity index (χ0) is 22.5. The van der Waals surface area contributed by atoms with E-state index >= 15 is 0 Å². The lowest BCUT2D eigenvalue weighted by Crippen LogP contribution is -2.11. The molecule has 5 N–H and O–H groups in total. The molecule has 0 radical (unpaired) electrons. The highest BCUT2D eigenvalue weighted by molar-refractivity contribution is 7.22. The van der Waals surface area contributed by atoms with Gasteiger partial charge in [0.2, 0.25) is 5.95 Å². The minimum absolute atomic E-state index is 0.0126. The van der Waals surface area contributed by atoms with Gasteiger partial charge in [-0.15, -0.1) is 11.3 Å². The van der Waals surface area contributed by atoms with Crippen molar-refractivity contribution in [3.8, 4) is 21.6 Å². The van der Waals surface area contributed by atoms with E-state index in [1.54, 1.807) is 17.5 Å². The van der Waals surface area contributed by atoms with E-state index in [1.807, 2.05) is 10.8 Å². The first-order valence-corrected chi connectivity index (χ1v) is 11.4. The number of aryl methyl sites for hydroxylation is 1. The first kappa shape index (κ1) is 19.7. The monoisotopic (exact) mass is 456 g/mol. The van der Waals surface area contributed by atoms with Crippen LogP contribution in [-0.2, 0) is 17.9 Å². The highest BCUT2D eigenvalue weighted by Gasteiger charge is 2.21. The molecule has 0 fully saturated rings. The Kier molecular flexibility index (Phi) is 4.53. The van der Waals surface area contributed by atoms with Gasteiger partial charge in [-0.25, -0.2) is 15.4 Å². The highest BCUT2D eigenvalue weighted by Crippen LogP contribution is 2.43. The van der Waals surface area contributed by atoms with E-state index in [-0.39, 0.29) is 12.4 Å². The Labute approximate surface area is 192 Å². The van der Waals surface area contributed by atoms with E-state index in [9.17, 15) is 4.79 Å². The van der Waals surface area contributed by atoms with Crippen LogP contribution in [0, 0.1) is 0 Å². The zero-order valence-electron chi connectivity index (χ0n) is 17.5. The minimum atomic E-state index is -0.850. The van der Waals surface area contributed by atoms with Crippen LogP contribution in [0.4, 0.5) is 11.6 Å². The predicted octanol–water partition coefficient (Wildman–Crippen LogP) is 4.47. The number of thiophene rings is 1. The quantitative estimate of drug-likeness (QED) is 0.308. The molecule has 33 heavy (non-hydrogen) atoms. The molecule has 0 bridgehead atoms. The number of carboxylic acids is 1. The molecule has 0 aliphatic carbocycles. The van der Waals surface area contributed by atoms with Crippen LogP contribution in [0.2, 0.25) is 0 Å². The molecular weight excluding hydrogens is 436 g/mol. The summed E-state index contributed by atoms with van der Waals surface area (Å²) < 4.78 is 3.13. The smallest absolute Gasteiger partial charge is 0.305 e. The van der Waals surface area contributed by atoms with Crippen molar-refractivity contribution < 1.29 is 9.90 Å². The Morgan fingerprint density at radius 3 is 2.94 bits per heavy atom. The molecule has 1 aliphatic rings. The van der Waals surface area contributed by atoms with Gasteiger partial charge in [0.05, 0.1) is 23.8 Å². The van der Waals surface area contributed by atoms with E-state index in [4.69, 9.17) is 10.8 Å². The number of carbonyl (C=O) groups is 1. The third-order valence-electron chi connectivity index (χ3n) is 5.92. The van der Waals surface area contributed by atoms with Crippen LogP contribution in [0.15, 0.2) is 54.9 Å². The first-order valence-electron chi connectivity index (χ1n) is 10.5. The molecule has 8 nitrogen and oxygen atoms in total. The molecule has 3 aromatic heterocycles. The van der Waals surface area contributed by atoms with E-state index in [1.165, 1.54) is 15.0 Å². The van der Waals surface area contributed by atoms with Gasteiger partial charge in [0, 0.05) is 40.0 Å². The molecular formula is C24H20N6O2S. The second kappa shape index (κ2) is 7.58. The molecule has 164 valence electrons. The number of benzene rings is 2. The van der Waals surface area contributed by atoms with Gasteiger partial charge in [-0.05, 0) is 40.8 Å². The molecule has 0 unspecified atom stereocenters. The van der Waals surface area contributed by atoms with Crippen molar-refractivity contribution in [1.82, 2.24) is 20.0 Å². The lowest BCUT2D eigenvalue weighted by atomic mass is 9.98. The van der Waals surface area contributed by atoms with Gasteiger partial charge in [0.15, 0.2) is 0 Å². The summed E-state index contributed by atoms with van der Waals surface area (Å²) in [6, 6.07) is 14.9. The van der Waals surface area contributed by atoms with E-state index in [0.29, 0.717) is 18.6 Å². The van der Waals surface area contributed by atoms with Gasteiger partial charge >= 0.3 is 5.97 Å². The molecule has 6 rings (SSSR count). The van der Waals surface area contributed by atoms with Crippen LogP contribution in [-0.4, -0.2) is 25.6 Å². The third kappa shape index (κ3) is 3.38. The number of rotatable bonds is 5. The number of fused-ring (bicyclic) bond motifs is 3. The number of nitrogens with two attached hydrogens (primary N) is 1. The maximum absolute atomic E-state index is 11.2. The Bertz CT molecular complexity index is 1520. The van der Waals surface area contributed by atoms with Crippen molar-refractivity contribution in [2.45, 2.75) is 19.5 Å². The molecule has 0 saturated heterocycles. The predicted molar refractivity (Wildman–Crippen MR) is 131 cm³/mol. The van der Waals surface area contributed by atoms with Gasteiger partial charge < -0.3 is 20.8 Å². The van der Waals surface area contributed by atoms with Crippen molar-refractivity contribution in [2.24, 2.45) is 0 Å². The van der Waals surface area contributed by atoms with E-state index < -0.39 is 5.97 Å². The van der Waals surface area contributed by atoms with Crippen LogP contribution < -0.4 is 16.6 Å². The number of nitrogen functional groups attached to an aromatic ring is 1. The normalized spacial score (nSPS) is 12.8. The summed E-state index contributed by atoms with van der Waals surface area (Å²) in [4.78, 5) is 21.0. The van der Waals surface area contributed by atoms with Crippen LogP contribution >= 0.6 is 11.3 Å². The fraction of sp³-hybridized carbons (Fsp3) is 0.125. The molecule has 0 amide bonds. The molecule has 0 atom stereocenters. The van der Waals surface area contributed by atoms with Gasteiger partial charge in [-0.1, -0.05) is 18.2 Å². The van der Waals surface area contributed by atoms with Crippen LogP contribution in [0.25, 0.3) is 42.7 Å². The number of aromatic nitrogens is 3. The number of aliphatic carboxylic acids is 1. The average Bonchev–Trinajstić information content (AvgIpc) is 3.53. The van der Waals surface area contributed by atoms with Crippen LogP contribution in [0.5, 0.6) is 0 Å². The van der Waals surface area contributed by atoms with Crippen LogP contribution in [0.1, 0.15) is 12.0 Å². The third-order valence-corrected chi connectivity index (χ3v) is 7.07. The Hall–Kier alpha value is -3.95. The Balaban J connectivity index is 1.55. The molecule has 1 aliphatic heterocycles. The van der Waals surface area contributed by atoms with Crippen molar-refractivity contribution >= 4 is 50.1 Å². The van der Waals surface area contributed by atoms with E-state index in [2.05, 4.69) is 63.3 Å². The number of carboxylic acid groups (broad SMARTS) is 1. The summed E-state index contributed by atoms with van der Waals surface area (Å²) >= 11 is 1.76. The summed E-state index contributed by atoms with van der Waals surface area (Å²) in [6.07, 6.45) is 3.62. The lowest BCUT2D eigenvalue weighted by molar-refractivity contribution is -0.137. The SMILES string of the molecule is Nc1ncc2c(n1)c(-c1cc3c(c(-c4cc5ccccc5s4)c1)NNC3)cn2CCC(=O)O. The van der Waals surface area contributed by atoms with Crippen molar-refractivity contribution in [3.63, 3.8) is 0 Å². The zero-order valence-corrected chi connectivity index (χ0v) is 18.3. The summed E-state index contributed by atoms with van der Waals surface area (Å²) in [6.45, 7) is 1.03. The van der Waals surface area contributed by atoms with Gasteiger partial charge in [0.1, 0.15) is 5.52 Å². The molecule has 2 aromatic carbocycles. The van der Waals surface area contributed by atoms with Gasteiger partial charge in [0.25, 0.3) is 0 Å². The molecule has 9 heteroatoms. The van der Waals surface area contributed by atoms with Crippen molar-refractivity contribution in [2.75, 3.05) is 11.2 Å². The van der Waals surface area contributed by atoms with Crippen molar-refractivity contribution in [1.29, 1.82) is 0 Å². The second-order valence-corrected chi connectivity index (χ2v) is 9.11. The maximum atomic E-state index is 11.2. The van der Waals surface area contributed by atoms with Gasteiger partial charge in [-0.2, -0.15) is 0 Å². The number of hydrogen-bond donors (Lipinski definition) is 4. The summed E-state index contributed by atoms with van der Waals surface area (Å²) in [7, 11) is 0. The second-order valence-electron chi connectivity index (χ2n) is 8.03. The van der Waals surface area contributed by atoms with E-state index in [0.717, 1.165) is 33.5 Å². The molecule has 5 aromatic rings. The molecule has 0 spiro atoms. The van der Waals surface area contributed by atoms with Crippen molar-refractivity contribution in [3.05, 3.63) is 60.4 Å². The standard InChI is InChI=1S/C24H20N6O2S/c25-24-26-11-18-23(28-24)17(12-30(18)6-5-21(31)32)14-7-15-10-27-29-22(15)16(8-14)20-9-13-3-1-2-4-19(13)33-20/h1-4,7-9,11-12,27,29H,5-6,10H2,(H,31,32)(H2,25,26,28). The van der Waals surface area contributed by atoms with Gasteiger partial charge in [-0.3, -0.25) is 4.79 Å². The Morgan fingerprint density at radius 1 is 1.21 bits per heavy atom. The molecule has 0 saturated carbocycles. The van der Waals surface area contributed by atoms with Crippen LogP contribution in [0.3, 0.4) is 0 Å². The fourth-order valence-electron chi connectivity index (χ4n) is 4.38. The topological polar surface area (TPSA) is 118 Å². The summed E-state index contributed by atoms with van der Waals surface area (Å²) in [5.74, 6) is -0.662. The highest BCUT2D eigenvalue weighted by atomic mass is 32.1. The number of hydrogen-bond acceptors (Lipinski definition) is 7. The number of hydrazine groups is 1. The lowest BCUT2D eigenvalue weighted by Gasteiger charge is -2.10. The number of nitrogens with one attached hydrogen (secondary N) is 2. The average molecular weight is 457 g/mol. The Morgan fingerprint density at radius 2 is 2.09 bits per heavy atom. The summed E-state index contributed by atoms with van der Waals surface area (Å²) in [5.41, 5.74) is 19.2. The first-order chi connectivity index (χ1) is 16.1. The fourth-order valence-corrected chi connectivity index (χ4v) is 5.46. The minimum Gasteiger partial charge on any atom is -0.481 e. The number of anilines is 2.